The summed E-state index contributed by atoms with van der Waals surface area (Å²) in [7, 11) is 1.32. The summed E-state index contributed by atoms with van der Waals surface area (Å²) < 4.78 is 4.62. The van der Waals surface area contributed by atoms with Crippen LogP contribution in [0.25, 0.3) is 0 Å². The predicted molar refractivity (Wildman–Crippen MR) is 57.2 cm³/mol. The van der Waals surface area contributed by atoms with Crippen LogP contribution >= 0.6 is 0 Å². The van der Waals surface area contributed by atoms with Gasteiger partial charge in [0.1, 0.15) is 0 Å². The molecule has 0 aliphatic heterocycles. The average Bonchev–Trinajstić information content (AvgIpc) is 2.28. The van der Waals surface area contributed by atoms with Gasteiger partial charge in [-0.3, -0.25) is 4.79 Å². The van der Waals surface area contributed by atoms with Crippen molar-refractivity contribution in [2.24, 2.45) is 5.92 Å². The van der Waals surface area contributed by atoms with Crippen LogP contribution in [0.2, 0.25) is 0 Å². The molecule has 0 aromatic heterocycles. The fourth-order valence-corrected chi connectivity index (χ4v) is 1.43. The zero-order chi connectivity index (χ0) is 11.5. The molecule has 0 heterocycles. The van der Waals surface area contributed by atoms with E-state index in [2.05, 4.69) is 4.74 Å². The molecule has 3 heteroatoms. The van der Waals surface area contributed by atoms with Crippen molar-refractivity contribution in [1.29, 1.82) is 0 Å². The molecule has 0 fully saturated rings. The molecule has 1 rings (SSSR count). The van der Waals surface area contributed by atoms with E-state index >= 15 is 0 Å². The quantitative estimate of drug-likeness (QED) is 0.769. The minimum absolute atomic E-state index is 0.413. The third-order valence-corrected chi connectivity index (χ3v) is 2.76. The van der Waals surface area contributed by atoms with Crippen LogP contribution < -0.4 is 0 Å². The van der Waals surface area contributed by atoms with Crippen molar-refractivity contribution in [3.63, 3.8) is 0 Å². The molecule has 15 heavy (non-hydrogen) atoms. The molecule has 0 unspecified atom stereocenters. The standard InChI is InChI=1S/C12H16O3/c1-9(11(13)15-3)12(2,14)10-7-5-4-6-8-10/h4-9,14H,1-3H3/t9-,12+/m0/s1. The molecule has 1 aromatic rings. The SMILES string of the molecule is COC(=O)[C@H](C)[C@@](C)(O)c1ccccc1. The van der Waals surface area contributed by atoms with Crippen molar-refractivity contribution in [3.05, 3.63) is 35.9 Å². The lowest BCUT2D eigenvalue weighted by molar-refractivity contribution is -0.154. The highest BCUT2D eigenvalue weighted by atomic mass is 16.5. The van der Waals surface area contributed by atoms with E-state index in [1.165, 1.54) is 7.11 Å². The summed E-state index contributed by atoms with van der Waals surface area (Å²) in [5, 5.41) is 10.3. The number of esters is 1. The van der Waals surface area contributed by atoms with Crippen LogP contribution in [0.5, 0.6) is 0 Å². The van der Waals surface area contributed by atoms with Crippen molar-refractivity contribution >= 4 is 5.97 Å². The first-order valence-electron chi connectivity index (χ1n) is 4.86. The number of aliphatic hydroxyl groups is 1. The molecule has 2 atom stereocenters. The molecule has 82 valence electrons. The second-order valence-corrected chi connectivity index (χ2v) is 3.76. The van der Waals surface area contributed by atoms with Crippen molar-refractivity contribution < 1.29 is 14.6 Å². The zero-order valence-corrected chi connectivity index (χ0v) is 9.23. The first-order chi connectivity index (χ1) is 7.00. The molecule has 1 aromatic carbocycles. The number of benzene rings is 1. The second-order valence-electron chi connectivity index (χ2n) is 3.76. The molecule has 0 spiro atoms. The van der Waals surface area contributed by atoms with Crippen LogP contribution in [0.1, 0.15) is 19.4 Å². The highest BCUT2D eigenvalue weighted by Crippen LogP contribution is 2.29. The third kappa shape index (κ3) is 2.36. The maximum absolute atomic E-state index is 11.3. The second kappa shape index (κ2) is 4.45. The molecule has 0 saturated heterocycles. The maximum Gasteiger partial charge on any atom is 0.311 e. The average molecular weight is 208 g/mol. The molecule has 0 aliphatic rings. The van der Waals surface area contributed by atoms with Crippen molar-refractivity contribution in [2.45, 2.75) is 19.4 Å². The van der Waals surface area contributed by atoms with Gasteiger partial charge < -0.3 is 9.84 Å². The maximum atomic E-state index is 11.3. The minimum Gasteiger partial charge on any atom is -0.469 e. The lowest BCUT2D eigenvalue weighted by atomic mass is 9.84. The Bertz CT molecular complexity index is 330. The monoisotopic (exact) mass is 208 g/mol. The van der Waals surface area contributed by atoms with E-state index in [-0.39, 0.29) is 0 Å². The van der Waals surface area contributed by atoms with E-state index in [1.54, 1.807) is 26.0 Å². The first kappa shape index (κ1) is 11.7. The number of hydrogen-bond donors (Lipinski definition) is 1. The van der Waals surface area contributed by atoms with Gasteiger partial charge in [-0.1, -0.05) is 30.3 Å². The molecule has 3 nitrogen and oxygen atoms in total. The number of carbonyl (C=O) groups excluding carboxylic acids is 1. The van der Waals surface area contributed by atoms with Gasteiger partial charge in [0, 0.05) is 0 Å². The molecular weight excluding hydrogens is 192 g/mol. The molecule has 0 saturated carbocycles. The van der Waals surface area contributed by atoms with Crippen molar-refractivity contribution in [1.82, 2.24) is 0 Å². The van der Waals surface area contributed by atoms with Gasteiger partial charge in [-0.15, -0.1) is 0 Å². The molecule has 1 N–H and O–H groups in total. The molecule has 0 amide bonds. The van der Waals surface area contributed by atoms with Gasteiger partial charge in [0.25, 0.3) is 0 Å². The fraction of sp³-hybridized carbons (Fsp3) is 0.417. The summed E-state index contributed by atoms with van der Waals surface area (Å²) in [4.78, 5) is 11.3. The Labute approximate surface area is 89.7 Å². The third-order valence-electron chi connectivity index (χ3n) is 2.76. The summed E-state index contributed by atoms with van der Waals surface area (Å²) in [6.45, 7) is 3.27. The highest BCUT2D eigenvalue weighted by molar-refractivity contribution is 5.73. The van der Waals surface area contributed by atoms with Crippen LogP contribution in [0, 0.1) is 5.92 Å². The summed E-state index contributed by atoms with van der Waals surface area (Å²) in [6, 6.07) is 9.10. The Hall–Kier alpha value is -1.35. The topological polar surface area (TPSA) is 46.5 Å². The van der Waals surface area contributed by atoms with Crippen LogP contribution in [-0.2, 0) is 15.1 Å². The van der Waals surface area contributed by atoms with Gasteiger partial charge in [0.2, 0.25) is 0 Å². The Kier molecular flexibility index (Phi) is 3.48. The zero-order valence-electron chi connectivity index (χ0n) is 9.23. The Morgan fingerprint density at radius 2 is 1.93 bits per heavy atom. The van der Waals surface area contributed by atoms with E-state index in [4.69, 9.17) is 0 Å². The molecular formula is C12H16O3. The van der Waals surface area contributed by atoms with E-state index in [1.807, 2.05) is 18.2 Å². The molecule has 0 aliphatic carbocycles. The first-order valence-corrected chi connectivity index (χ1v) is 4.86. The molecule has 0 radical (unpaired) electrons. The fourth-order valence-electron chi connectivity index (χ4n) is 1.43. The van der Waals surface area contributed by atoms with Crippen LogP contribution in [0.3, 0.4) is 0 Å². The number of ether oxygens (including phenoxy) is 1. The van der Waals surface area contributed by atoms with Gasteiger partial charge in [0.15, 0.2) is 0 Å². The van der Waals surface area contributed by atoms with Crippen LogP contribution in [0.4, 0.5) is 0 Å². The van der Waals surface area contributed by atoms with E-state index in [0.29, 0.717) is 5.56 Å². The summed E-state index contributed by atoms with van der Waals surface area (Å²) >= 11 is 0. The predicted octanol–water partition coefficient (Wildman–Crippen LogP) is 1.70. The van der Waals surface area contributed by atoms with Gasteiger partial charge in [-0.2, -0.15) is 0 Å². The summed E-state index contributed by atoms with van der Waals surface area (Å²) in [5.41, 5.74) is -0.489. The Morgan fingerprint density at radius 1 is 1.40 bits per heavy atom. The number of hydrogen-bond acceptors (Lipinski definition) is 3. The van der Waals surface area contributed by atoms with Crippen LogP contribution in [0.15, 0.2) is 30.3 Å². The minimum atomic E-state index is -1.20. The normalized spacial score (nSPS) is 16.5. The Balaban J connectivity index is 2.97. The lowest BCUT2D eigenvalue weighted by Gasteiger charge is -2.28. The summed E-state index contributed by atoms with van der Waals surface area (Å²) in [5.74, 6) is -1.01. The van der Waals surface area contributed by atoms with E-state index in [0.717, 1.165) is 0 Å². The van der Waals surface area contributed by atoms with Gasteiger partial charge in [-0.05, 0) is 19.4 Å². The highest BCUT2D eigenvalue weighted by Gasteiger charge is 2.35. The largest absolute Gasteiger partial charge is 0.469 e. The Morgan fingerprint density at radius 3 is 2.40 bits per heavy atom. The van der Waals surface area contributed by atoms with E-state index < -0.39 is 17.5 Å². The smallest absolute Gasteiger partial charge is 0.311 e. The van der Waals surface area contributed by atoms with E-state index in [9.17, 15) is 9.90 Å². The van der Waals surface area contributed by atoms with Crippen LogP contribution in [-0.4, -0.2) is 18.2 Å². The van der Waals surface area contributed by atoms with Crippen molar-refractivity contribution in [2.75, 3.05) is 7.11 Å². The van der Waals surface area contributed by atoms with Gasteiger partial charge in [-0.25, -0.2) is 0 Å². The lowest BCUT2D eigenvalue weighted by Crippen LogP contribution is -2.35. The van der Waals surface area contributed by atoms with Gasteiger partial charge in [0.05, 0.1) is 18.6 Å². The number of methoxy groups -OCH3 is 1. The number of rotatable bonds is 3. The number of carbonyl (C=O) groups is 1. The summed E-state index contributed by atoms with van der Waals surface area (Å²) in [6.07, 6.45) is 0. The van der Waals surface area contributed by atoms with Gasteiger partial charge >= 0.3 is 5.97 Å². The molecule has 0 bridgehead atoms. The van der Waals surface area contributed by atoms with Crippen molar-refractivity contribution in [3.8, 4) is 0 Å².